The second kappa shape index (κ2) is 6.17. The molecule has 17 heavy (non-hydrogen) atoms. The lowest BCUT2D eigenvalue weighted by Gasteiger charge is -2.32. The van der Waals surface area contributed by atoms with Crippen molar-refractivity contribution < 1.29 is 0 Å². The van der Waals surface area contributed by atoms with E-state index in [1.54, 1.807) is 0 Å². The molecule has 0 bridgehead atoms. The molecular formula is C13H24N4. The molecular weight excluding hydrogens is 212 g/mol. The number of piperidine rings is 1. The molecule has 2 N–H and O–H groups in total. The lowest BCUT2D eigenvalue weighted by Crippen LogP contribution is -2.37. The summed E-state index contributed by atoms with van der Waals surface area (Å²) in [6, 6.07) is 2.11. The third kappa shape index (κ3) is 3.54. The van der Waals surface area contributed by atoms with Gasteiger partial charge >= 0.3 is 0 Å². The van der Waals surface area contributed by atoms with Crippen LogP contribution < -0.4 is 5.73 Å². The minimum Gasteiger partial charge on any atom is -0.330 e. The normalized spacial score (nSPS) is 21.9. The van der Waals surface area contributed by atoms with Crippen molar-refractivity contribution in [3.63, 3.8) is 0 Å². The van der Waals surface area contributed by atoms with E-state index in [9.17, 15) is 0 Å². The Hall–Kier alpha value is -0.870. The van der Waals surface area contributed by atoms with Crippen molar-refractivity contribution in [3.05, 3.63) is 18.0 Å². The first kappa shape index (κ1) is 12.6. The van der Waals surface area contributed by atoms with Gasteiger partial charge in [0.05, 0.1) is 0 Å². The lowest BCUT2D eigenvalue weighted by atomic mass is 9.95. The van der Waals surface area contributed by atoms with Gasteiger partial charge in [-0.05, 0) is 44.3 Å². The molecule has 1 fully saturated rings. The van der Waals surface area contributed by atoms with Gasteiger partial charge < -0.3 is 10.6 Å². The number of likely N-dealkylation sites (tertiary alicyclic amines) is 1. The number of nitrogens with zero attached hydrogens (tertiary/aromatic N) is 3. The maximum Gasteiger partial charge on any atom is 0.0492 e. The fraction of sp³-hybridized carbons (Fsp3) is 0.769. The summed E-state index contributed by atoms with van der Waals surface area (Å²) in [7, 11) is 2.02. The molecule has 1 unspecified atom stereocenters. The molecule has 96 valence electrons. The number of aryl methyl sites for hydroxylation is 1. The third-order valence-electron chi connectivity index (χ3n) is 3.78. The van der Waals surface area contributed by atoms with E-state index in [0.29, 0.717) is 0 Å². The van der Waals surface area contributed by atoms with E-state index in [0.717, 1.165) is 25.4 Å². The first-order valence-electron chi connectivity index (χ1n) is 6.69. The van der Waals surface area contributed by atoms with Crippen molar-refractivity contribution >= 4 is 0 Å². The highest BCUT2D eigenvalue weighted by molar-refractivity contribution is 5.00. The van der Waals surface area contributed by atoms with Crippen LogP contribution in [0.15, 0.2) is 12.3 Å². The van der Waals surface area contributed by atoms with Crippen molar-refractivity contribution in [1.82, 2.24) is 14.7 Å². The molecule has 0 spiro atoms. The summed E-state index contributed by atoms with van der Waals surface area (Å²) in [6.07, 6.45) is 6.85. The Kier molecular flexibility index (Phi) is 4.57. The second-order valence-corrected chi connectivity index (χ2v) is 5.08. The van der Waals surface area contributed by atoms with Crippen LogP contribution in [0.5, 0.6) is 0 Å². The zero-order valence-corrected chi connectivity index (χ0v) is 10.8. The highest BCUT2D eigenvalue weighted by atomic mass is 15.3. The SMILES string of the molecule is Cn1nccc1CCN1CCCC(CCN)C1. The highest BCUT2D eigenvalue weighted by Crippen LogP contribution is 2.19. The van der Waals surface area contributed by atoms with Gasteiger partial charge in [-0.15, -0.1) is 0 Å². The predicted octanol–water partition coefficient (Wildman–Crippen LogP) is 1.02. The topological polar surface area (TPSA) is 47.1 Å². The number of nitrogens with two attached hydrogens (primary N) is 1. The van der Waals surface area contributed by atoms with Crippen LogP contribution in [0.1, 0.15) is 25.0 Å². The Labute approximate surface area is 104 Å². The molecule has 1 aromatic heterocycles. The fourth-order valence-electron chi connectivity index (χ4n) is 2.74. The van der Waals surface area contributed by atoms with Gasteiger partial charge in [-0.2, -0.15) is 5.10 Å². The first-order valence-corrected chi connectivity index (χ1v) is 6.69. The van der Waals surface area contributed by atoms with E-state index in [4.69, 9.17) is 5.73 Å². The molecule has 0 radical (unpaired) electrons. The van der Waals surface area contributed by atoms with Crippen LogP contribution in [0.2, 0.25) is 0 Å². The molecule has 0 aliphatic carbocycles. The largest absolute Gasteiger partial charge is 0.330 e. The van der Waals surface area contributed by atoms with Crippen molar-refractivity contribution in [3.8, 4) is 0 Å². The summed E-state index contributed by atoms with van der Waals surface area (Å²) in [4.78, 5) is 2.58. The second-order valence-electron chi connectivity index (χ2n) is 5.08. The molecule has 1 saturated heterocycles. The maximum absolute atomic E-state index is 5.65. The molecule has 4 nitrogen and oxygen atoms in total. The zero-order valence-electron chi connectivity index (χ0n) is 10.8. The molecule has 2 rings (SSSR count). The molecule has 1 aromatic rings. The average Bonchev–Trinajstić information content (AvgIpc) is 2.73. The molecule has 2 heterocycles. The van der Waals surface area contributed by atoms with Crippen molar-refractivity contribution in [2.24, 2.45) is 18.7 Å². The Morgan fingerprint density at radius 3 is 3.12 bits per heavy atom. The molecule has 0 aromatic carbocycles. The number of hydrogen-bond acceptors (Lipinski definition) is 3. The van der Waals surface area contributed by atoms with Gasteiger partial charge in [0.25, 0.3) is 0 Å². The Balaban J connectivity index is 1.77. The van der Waals surface area contributed by atoms with E-state index < -0.39 is 0 Å². The Morgan fingerprint density at radius 2 is 2.41 bits per heavy atom. The molecule has 0 amide bonds. The summed E-state index contributed by atoms with van der Waals surface area (Å²) in [5, 5.41) is 4.21. The standard InChI is InChI=1S/C13H24N4/c1-16-13(5-8-15-16)6-10-17-9-2-3-12(11-17)4-7-14/h5,8,12H,2-4,6-7,9-11,14H2,1H3. The lowest BCUT2D eigenvalue weighted by molar-refractivity contribution is 0.171. The minimum absolute atomic E-state index is 0.820. The van der Waals surface area contributed by atoms with Gasteiger partial charge in [0.1, 0.15) is 0 Å². The van der Waals surface area contributed by atoms with Crippen LogP contribution in [-0.2, 0) is 13.5 Å². The summed E-state index contributed by atoms with van der Waals surface area (Å²) < 4.78 is 1.97. The minimum atomic E-state index is 0.820. The molecule has 1 aliphatic heterocycles. The highest BCUT2D eigenvalue weighted by Gasteiger charge is 2.18. The number of aromatic nitrogens is 2. The van der Waals surface area contributed by atoms with Gasteiger partial charge in [-0.1, -0.05) is 0 Å². The van der Waals surface area contributed by atoms with Crippen LogP contribution in [0.3, 0.4) is 0 Å². The van der Waals surface area contributed by atoms with E-state index in [2.05, 4.69) is 16.1 Å². The van der Waals surface area contributed by atoms with E-state index in [-0.39, 0.29) is 0 Å². The number of rotatable bonds is 5. The maximum atomic E-state index is 5.65. The van der Waals surface area contributed by atoms with Gasteiger partial charge in [0, 0.05) is 38.4 Å². The smallest absolute Gasteiger partial charge is 0.0492 e. The third-order valence-corrected chi connectivity index (χ3v) is 3.78. The van der Waals surface area contributed by atoms with Crippen molar-refractivity contribution in [1.29, 1.82) is 0 Å². The van der Waals surface area contributed by atoms with Gasteiger partial charge in [0.2, 0.25) is 0 Å². The summed E-state index contributed by atoms with van der Waals surface area (Å²) in [5.41, 5.74) is 6.97. The van der Waals surface area contributed by atoms with E-state index >= 15 is 0 Å². The first-order chi connectivity index (χ1) is 8.29. The van der Waals surface area contributed by atoms with Crippen LogP contribution >= 0.6 is 0 Å². The Morgan fingerprint density at radius 1 is 1.53 bits per heavy atom. The summed E-state index contributed by atoms with van der Waals surface area (Å²) in [5.74, 6) is 0.820. The summed E-state index contributed by atoms with van der Waals surface area (Å²) in [6.45, 7) is 4.47. The average molecular weight is 236 g/mol. The van der Waals surface area contributed by atoms with Gasteiger partial charge in [0.15, 0.2) is 0 Å². The zero-order chi connectivity index (χ0) is 12.1. The van der Waals surface area contributed by atoms with Crippen molar-refractivity contribution in [2.45, 2.75) is 25.7 Å². The van der Waals surface area contributed by atoms with Gasteiger partial charge in [-0.25, -0.2) is 0 Å². The number of hydrogen-bond donors (Lipinski definition) is 1. The quantitative estimate of drug-likeness (QED) is 0.830. The molecule has 1 atom stereocenters. The Bertz CT molecular complexity index is 332. The van der Waals surface area contributed by atoms with Crippen LogP contribution in [0, 0.1) is 5.92 Å². The van der Waals surface area contributed by atoms with Crippen LogP contribution in [0.25, 0.3) is 0 Å². The summed E-state index contributed by atoms with van der Waals surface area (Å²) >= 11 is 0. The van der Waals surface area contributed by atoms with Crippen molar-refractivity contribution in [2.75, 3.05) is 26.2 Å². The predicted molar refractivity (Wildman–Crippen MR) is 69.7 cm³/mol. The molecule has 1 aliphatic rings. The van der Waals surface area contributed by atoms with Crippen LogP contribution in [0.4, 0.5) is 0 Å². The van der Waals surface area contributed by atoms with Crippen LogP contribution in [-0.4, -0.2) is 40.9 Å². The monoisotopic (exact) mass is 236 g/mol. The van der Waals surface area contributed by atoms with E-state index in [1.165, 1.54) is 38.0 Å². The molecule has 4 heteroatoms. The van der Waals surface area contributed by atoms with Gasteiger partial charge in [-0.3, -0.25) is 4.68 Å². The molecule has 0 saturated carbocycles. The fourth-order valence-corrected chi connectivity index (χ4v) is 2.74. The van der Waals surface area contributed by atoms with E-state index in [1.807, 2.05) is 17.9 Å².